The van der Waals surface area contributed by atoms with Crippen molar-refractivity contribution in [2.24, 2.45) is 5.92 Å². The van der Waals surface area contributed by atoms with Crippen LogP contribution in [0.15, 0.2) is 24.3 Å². The Kier molecular flexibility index (Phi) is 4.69. The zero-order valence-corrected chi connectivity index (χ0v) is 15.9. The van der Waals surface area contributed by atoms with Crippen molar-refractivity contribution in [1.29, 1.82) is 0 Å². The molecule has 2 N–H and O–H groups in total. The molecule has 2 aliphatic rings. The largest absolute Gasteiger partial charge is 0.481 e. The molecule has 1 heterocycles. The number of hydrogen-bond donors (Lipinski definition) is 2. The Balaban J connectivity index is 1.67. The molecule has 1 amide bonds. The molecule has 2 atom stereocenters. The van der Waals surface area contributed by atoms with Crippen LogP contribution in [0.4, 0.5) is 4.39 Å². The number of hydrogen-bond acceptors (Lipinski definition) is 3. The van der Waals surface area contributed by atoms with E-state index in [2.05, 4.69) is 10.4 Å². The number of halogens is 1. The van der Waals surface area contributed by atoms with Crippen molar-refractivity contribution in [3.05, 3.63) is 47.0 Å². The van der Waals surface area contributed by atoms with E-state index in [-0.39, 0.29) is 11.7 Å². The number of carbonyl (C=O) groups is 2. The number of carboxylic acids is 1. The zero-order valence-electron chi connectivity index (χ0n) is 15.9. The maximum Gasteiger partial charge on any atom is 0.308 e. The standard InChI is InChI=1S/C21H24FN3O3/c1-21(11-3-2-9-16(21)20(27)28)23-19(26)18-15-8-5-10-17(15)25(24-18)14-7-4-6-13(22)12-14/h4,6-7,12,16H,2-3,5,8-11H2,1H3,(H,23,26)(H,27,28). The third-order valence-electron chi connectivity index (χ3n) is 6.10. The van der Waals surface area contributed by atoms with Gasteiger partial charge in [0.1, 0.15) is 5.82 Å². The molecule has 1 saturated carbocycles. The predicted octanol–water partition coefficient (Wildman–Crippen LogP) is 3.26. The fourth-order valence-corrected chi connectivity index (χ4v) is 4.64. The van der Waals surface area contributed by atoms with Crippen molar-refractivity contribution in [2.75, 3.05) is 0 Å². The molecule has 4 rings (SSSR count). The van der Waals surface area contributed by atoms with Gasteiger partial charge in [0.2, 0.25) is 0 Å². The first-order chi connectivity index (χ1) is 13.4. The second kappa shape index (κ2) is 7.04. The summed E-state index contributed by atoms with van der Waals surface area (Å²) in [4.78, 5) is 24.8. The molecular weight excluding hydrogens is 361 g/mol. The molecule has 1 fully saturated rings. The van der Waals surface area contributed by atoms with E-state index in [1.807, 2.05) is 6.92 Å². The Morgan fingerprint density at radius 1 is 1.29 bits per heavy atom. The molecule has 2 aromatic rings. The van der Waals surface area contributed by atoms with Crippen LogP contribution >= 0.6 is 0 Å². The summed E-state index contributed by atoms with van der Waals surface area (Å²) in [6, 6.07) is 6.15. The summed E-state index contributed by atoms with van der Waals surface area (Å²) in [7, 11) is 0. The van der Waals surface area contributed by atoms with Crippen LogP contribution in [-0.4, -0.2) is 32.3 Å². The van der Waals surface area contributed by atoms with Crippen LogP contribution in [0.1, 0.15) is 60.8 Å². The molecule has 7 heteroatoms. The highest BCUT2D eigenvalue weighted by Gasteiger charge is 2.43. The second-order valence-corrected chi connectivity index (χ2v) is 8.03. The van der Waals surface area contributed by atoms with Crippen LogP contribution in [0.2, 0.25) is 0 Å². The first-order valence-electron chi connectivity index (χ1n) is 9.81. The van der Waals surface area contributed by atoms with E-state index in [4.69, 9.17) is 0 Å². The van der Waals surface area contributed by atoms with E-state index in [9.17, 15) is 19.1 Å². The summed E-state index contributed by atoms with van der Waals surface area (Å²) in [5, 5.41) is 17.1. The lowest BCUT2D eigenvalue weighted by atomic mass is 9.74. The summed E-state index contributed by atoms with van der Waals surface area (Å²) < 4.78 is 15.3. The molecule has 148 valence electrons. The lowest BCUT2D eigenvalue weighted by Crippen LogP contribution is -2.55. The monoisotopic (exact) mass is 385 g/mol. The minimum Gasteiger partial charge on any atom is -0.481 e. The normalized spacial score (nSPS) is 24.0. The lowest BCUT2D eigenvalue weighted by Gasteiger charge is -2.39. The average molecular weight is 385 g/mol. The lowest BCUT2D eigenvalue weighted by molar-refractivity contribution is -0.145. The van der Waals surface area contributed by atoms with Gasteiger partial charge in [0.25, 0.3) is 5.91 Å². The number of aliphatic carboxylic acids is 1. The van der Waals surface area contributed by atoms with Gasteiger partial charge in [0, 0.05) is 11.3 Å². The molecule has 2 unspecified atom stereocenters. The van der Waals surface area contributed by atoms with Gasteiger partial charge in [-0.3, -0.25) is 9.59 Å². The van der Waals surface area contributed by atoms with Crippen molar-refractivity contribution in [3.63, 3.8) is 0 Å². The molecule has 0 aliphatic heterocycles. The van der Waals surface area contributed by atoms with Gasteiger partial charge in [-0.15, -0.1) is 0 Å². The maximum atomic E-state index is 13.7. The minimum absolute atomic E-state index is 0.327. The van der Waals surface area contributed by atoms with E-state index in [1.54, 1.807) is 16.8 Å². The highest BCUT2D eigenvalue weighted by atomic mass is 19.1. The summed E-state index contributed by atoms with van der Waals surface area (Å²) in [6.07, 6.45) is 5.36. The highest BCUT2D eigenvalue weighted by molar-refractivity contribution is 5.95. The van der Waals surface area contributed by atoms with E-state index in [1.165, 1.54) is 12.1 Å². The van der Waals surface area contributed by atoms with Crippen LogP contribution in [0.3, 0.4) is 0 Å². The Labute approximate surface area is 162 Å². The van der Waals surface area contributed by atoms with Crippen LogP contribution < -0.4 is 5.32 Å². The number of aromatic nitrogens is 2. The van der Waals surface area contributed by atoms with Crippen LogP contribution in [-0.2, 0) is 17.6 Å². The number of nitrogens with zero attached hydrogens (tertiary/aromatic N) is 2. The minimum atomic E-state index is -0.877. The molecular formula is C21H24FN3O3. The van der Waals surface area contributed by atoms with Crippen molar-refractivity contribution in [3.8, 4) is 5.69 Å². The van der Waals surface area contributed by atoms with Crippen molar-refractivity contribution in [1.82, 2.24) is 15.1 Å². The van der Waals surface area contributed by atoms with Crippen molar-refractivity contribution in [2.45, 2.75) is 57.4 Å². The number of carboxylic acid groups (broad SMARTS) is 1. The van der Waals surface area contributed by atoms with Gasteiger partial charge in [0.05, 0.1) is 17.1 Å². The molecule has 2 aliphatic carbocycles. The first-order valence-corrected chi connectivity index (χ1v) is 9.81. The molecule has 0 saturated heterocycles. The van der Waals surface area contributed by atoms with E-state index in [0.29, 0.717) is 24.2 Å². The molecule has 6 nitrogen and oxygen atoms in total. The van der Waals surface area contributed by atoms with Gasteiger partial charge in [-0.2, -0.15) is 5.10 Å². The van der Waals surface area contributed by atoms with E-state index >= 15 is 0 Å². The summed E-state index contributed by atoms with van der Waals surface area (Å²) in [5.74, 6) is -2.18. The first kappa shape index (κ1) is 18.7. The molecule has 0 bridgehead atoms. The molecule has 0 radical (unpaired) electrons. The Morgan fingerprint density at radius 2 is 2.11 bits per heavy atom. The Morgan fingerprint density at radius 3 is 2.86 bits per heavy atom. The average Bonchev–Trinajstić information content (AvgIpc) is 3.23. The second-order valence-electron chi connectivity index (χ2n) is 8.03. The van der Waals surface area contributed by atoms with Crippen LogP contribution in [0.25, 0.3) is 5.69 Å². The van der Waals surface area contributed by atoms with Crippen molar-refractivity contribution >= 4 is 11.9 Å². The van der Waals surface area contributed by atoms with Gasteiger partial charge in [-0.05, 0) is 57.2 Å². The van der Waals surface area contributed by atoms with Gasteiger partial charge in [-0.25, -0.2) is 9.07 Å². The molecule has 1 aromatic heterocycles. The van der Waals surface area contributed by atoms with Gasteiger partial charge >= 0.3 is 5.97 Å². The number of benzene rings is 1. The van der Waals surface area contributed by atoms with Gasteiger partial charge in [0.15, 0.2) is 5.69 Å². The maximum absolute atomic E-state index is 13.7. The topological polar surface area (TPSA) is 84.2 Å². The number of nitrogens with one attached hydrogen (secondary N) is 1. The zero-order chi connectivity index (χ0) is 19.9. The number of rotatable bonds is 4. The van der Waals surface area contributed by atoms with Crippen LogP contribution in [0.5, 0.6) is 0 Å². The Hall–Kier alpha value is -2.70. The molecule has 1 aromatic carbocycles. The highest BCUT2D eigenvalue weighted by Crippen LogP contribution is 2.35. The summed E-state index contributed by atoms with van der Waals surface area (Å²) in [5.41, 5.74) is 1.93. The number of fused-ring (bicyclic) bond motifs is 1. The fourth-order valence-electron chi connectivity index (χ4n) is 4.64. The van der Waals surface area contributed by atoms with Crippen LogP contribution in [0, 0.1) is 11.7 Å². The van der Waals surface area contributed by atoms with Crippen molar-refractivity contribution < 1.29 is 19.1 Å². The Bertz CT molecular complexity index is 939. The van der Waals surface area contributed by atoms with E-state index < -0.39 is 17.4 Å². The number of amides is 1. The quantitative estimate of drug-likeness (QED) is 0.846. The number of carbonyl (C=O) groups excluding carboxylic acids is 1. The third-order valence-corrected chi connectivity index (χ3v) is 6.10. The SMILES string of the molecule is CC1(NC(=O)c2nn(-c3cccc(F)c3)c3c2CCC3)CCCCC1C(=O)O. The summed E-state index contributed by atoms with van der Waals surface area (Å²) >= 11 is 0. The molecule has 28 heavy (non-hydrogen) atoms. The molecule has 0 spiro atoms. The summed E-state index contributed by atoms with van der Waals surface area (Å²) in [6.45, 7) is 1.81. The fraction of sp³-hybridized carbons (Fsp3) is 0.476. The predicted molar refractivity (Wildman–Crippen MR) is 101 cm³/mol. The van der Waals surface area contributed by atoms with Gasteiger partial charge < -0.3 is 10.4 Å². The smallest absolute Gasteiger partial charge is 0.308 e. The van der Waals surface area contributed by atoms with E-state index in [0.717, 1.165) is 43.4 Å². The third kappa shape index (κ3) is 3.19. The van der Waals surface area contributed by atoms with Gasteiger partial charge in [-0.1, -0.05) is 18.9 Å².